The van der Waals surface area contributed by atoms with Crippen LogP contribution < -0.4 is 0 Å². The van der Waals surface area contributed by atoms with Crippen molar-refractivity contribution in [3.05, 3.63) is 88.1 Å². The van der Waals surface area contributed by atoms with E-state index < -0.39 is 5.91 Å². The molecule has 2 aliphatic rings. The summed E-state index contributed by atoms with van der Waals surface area (Å²) in [7, 11) is 0. The van der Waals surface area contributed by atoms with Gasteiger partial charge < -0.3 is 4.42 Å². The van der Waals surface area contributed by atoms with E-state index in [0.717, 1.165) is 16.7 Å². The molecule has 0 aliphatic carbocycles. The minimum atomic E-state index is -0.492. The van der Waals surface area contributed by atoms with Crippen LogP contribution in [0, 0.1) is 12.3 Å². The zero-order valence-electron chi connectivity index (χ0n) is 16.3. The van der Waals surface area contributed by atoms with Crippen LogP contribution in [0.15, 0.2) is 80.7 Å². The van der Waals surface area contributed by atoms with Crippen LogP contribution >= 0.6 is 23.4 Å². The first-order valence-electron chi connectivity index (χ1n) is 9.41. The number of amides is 1. The average Bonchev–Trinajstić information content (AvgIpc) is 3.40. The first-order chi connectivity index (χ1) is 15.0. The van der Waals surface area contributed by atoms with Gasteiger partial charge in [0.15, 0.2) is 5.84 Å². The number of rotatable bonds is 3. The van der Waals surface area contributed by atoms with Crippen LogP contribution in [0.25, 0.3) is 17.4 Å². The molecule has 3 aromatic rings. The van der Waals surface area contributed by atoms with Crippen molar-refractivity contribution < 1.29 is 9.21 Å². The van der Waals surface area contributed by atoms with E-state index in [1.54, 1.807) is 24.3 Å². The lowest BCUT2D eigenvalue weighted by molar-refractivity contribution is -0.114. The van der Waals surface area contributed by atoms with Gasteiger partial charge in [-0.1, -0.05) is 41.4 Å². The van der Waals surface area contributed by atoms with Gasteiger partial charge in [0, 0.05) is 16.1 Å². The third-order valence-electron chi connectivity index (χ3n) is 4.80. The molecule has 0 radical (unpaired) electrons. The van der Waals surface area contributed by atoms with Gasteiger partial charge in [0.1, 0.15) is 16.6 Å². The molecule has 5 rings (SSSR count). The summed E-state index contributed by atoms with van der Waals surface area (Å²) in [5.74, 6) is 0.563. The molecule has 0 spiro atoms. The van der Waals surface area contributed by atoms with E-state index in [9.17, 15) is 4.79 Å². The smallest absolute Gasteiger partial charge is 0.283 e. The number of hydrogen-bond acceptors (Lipinski definition) is 5. The van der Waals surface area contributed by atoms with Crippen molar-refractivity contribution in [2.24, 2.45) is 10.1 Å². The lowest BCUT2D eigenvalue weighted by Crippen LogP contribution is -2.35. The molecule has 1 aromatic heterocycles. The molecule has 2 aromatic carbocycles. The molecule has 2 aliphatic heterocycles. The Labute approximate surface area is 187 Å². The largest absolute Gasteiger partial charge is 0.457 e. The van der Waals surface area contributed by atoms with Crippen molar-refractivity contribution >= 4 is 51.4 Å². The molecule has 8 heteroatoms. The van der Waals surface area contributed by atoms with Crippen LogP contribution in [0.2, 0.25) is 5.02 Å². The Bertz CT molecular complexity index is 1300. The zero-order valence-corrected chi connectivity index (χ0v) is 17.9. The first-order valence-corrected chi connectivity index (χ1v) is 10.6. The summed E-state index contributed by atoms with van der Waals surface area (Å²) in [4.78, 5) is 16.7. The highest BCUT2D eigenvalue weighted by Gasteiger charge is 2.36. The highest BCUT2D eigenvalue weighted by atomic mass is 35.5. The fourth-order valence-corrected chi connectivity index (χ4v) is 4.17. The second-order valence-electron chi connectivity index (χ2n) is 7.00. The molecule has 3 heterocycles. The number of furan rings is 1. The van der Waals surface area contributed by atoms with E-state index >= 15 is 0 Å². The molecule has 0 fully saturated rings. The number of aryl methyl sites for hydroxylation is 1. The summed E-state index contributed by atoms with van der Waals surface area (Å²) in [5, 5.41) is 16.1. The predicted octanol–water partition coefficient (Wildman–Crippen LogP) is 5.58. The molecule has 1 amide bonds. The standard InChI is InChI=1S/C23H15ClN4O2S/c1-13-2-4-15(5-3-13)22-27-28-20(25)18(21(29)26-23(28)31-22)12-17-10-11-19(30-17)14-6-8-16(24)9-7-14/h2-12,25H,1H3. The van der Waals surface area contributed by atoms with E-state index in [-0.39, 0.29) is 11.4 Å². The number of fused-ring (bicyclic) bond motifs is 1. The number of amidine groups is 2. The minimum Gasteiger partial charge on any atom is -0.457 e. The molecule has 0 saturated heterocycles. The SMILES string of the molecule is Cc1ccc(C2=NN3C(=N)C(=Cc4ccc(-c5ccc(Cl)cc5)o4)C(=O)N=C3S2)cc1. The maximum atomic E-state index is 12.6. The Balaban J connectivity index is 1.43. The van der Waals surface area contributed by atoms with Gasteiger partial charge in [-0.15, -0.1) is 0 Å². The number of halogens is 1. The van der Waals surface area contributed by atoms with Crippen molar-refractivity contribution in [3.8, 4) is 11.3 Å². The van der Waals surface area contributed by atoms with Gasteiger partial charge in [-0.2, -0.15) is 15.1 Å². The average molecular weight is 447 g/mol. The van der Waals surface area contributed by atoms with Crippen LogP contribution in [0.4, 0.5) is 0 Å². The van der Waals surface area contributed by atoms with Gasteiger partial charge in [0.25, 0.3) is 5.91 Å². The molecule has 152 valence electrons. The maximum Gasteiger partial charge on any atom is 0.283 e. The second-order valence-corrected chi connectivity index (χ2v) is 8.39. The number of nitrogens with one attached hydrogen (secondary N) is 1. The first kappa shape index (κ1) is 19.5. The van der Waals surface area contributed by atoms with Crippen molar-refractivity contribution in [3.63, 3.8) is 0 Å². The molecule has 0 saturated carbocycles. The molecule has 0 atom stereocenters. The van der Waals surface area contributed by atoms with Crippen molar-refractivity contribution in [2.45, 2.75) is 6.92 Å². The number of carbonyl (C=O) groups is 1. The van der Waals surface area contributed by atoms with Crippen molar-refractivity contribution in [1.82, 2.24) is 5.01 Å². The number of benzene rings is 2. The maximum absolute atomic E-state index is 12.6. The predicted molar refractivity (Wildman–Crippen MR) is 124 cm³/mol. The summed E-state index contributed by atoms with van der Waals surface area (Å²) in [6.07, 6.45) is 1.52. The van der Waals surface area contributed by atoms with Gasteiger partial charge in [0.2, 0.25) is 5.17 Å². The molecule has 0 bridgehead atoms. The Morgan fingerprint density at radius 1 is 1.03 bits per heavy atom. The number of hydrazone groups is 1. The molecular formula is C23H15ClN4O2S. The molecule has 6 nitrogen and oxygen atoms in total. The van der Waals surface area contributed by atoms with Gasteiger partial charge in [-0.25, -0.2) is 0 Å². The summed E-state index contributed by atoms with van der Waals surface area (Å²) in [6.45, 7) is 2.01. The van der Waals surface area contributed by atoms with Gasteiger partial charge >= 0.3 is 0 Å². The summed E-state index contributed by atoms with van der Waals surface area (Å²) in [5.41, 5.74) is 3.04. The quantitative estimate of drug-likeness (QED) is 0.533. The second kappa shape index (κ2) is 7.68. The van der Waals surface area contributed by atoms with Gasteiger partial charge in [0.05, 0.1) is 5.57 Å². The third kappa shape index (κ3) is 3.73. The topological polar surface area (TPSA) is 82.0 Å². The Kier molecular flexibility index (Phi) is 4.84. The Hall–Kier alpha value is -3.42. The van der Waals surface area contributed by atoms with Crippen LogP contribution in [-0.4, -0.2) is 27.0 Å². The minimum absolute atomic E-state index is 0.0333. The molecular weight excluding hydrogens is 432 g/mol. The summed E-state index contributed by atoms with van der Waals surface area (Å²) in [6, 6.07) is 18.7. The van der Waals surface area contributed by atoms with E-state index in [1.165, 1.54) is 22.8 Å². The monoisotopic (exact) mass is 446 g/mol. The normalized spacial score (nSPS) is 17.1. The highest BCUT2D eigenvalue weighted by Crippen LogP contribution is 2.31. The van der Waals surface area contributed by atoms with Crippen molar-refractivity contribution in [1.29, 1.82) is 5.41 Å². The summed E-state index contributed by atoms with van der Waals surface area (Å²) >= 11 is 7.21. The van der Waals surface area contributed by atoms with Crippen LogP contribution in [0.1, 0.15) is 16.9 Å². The zero-order chi connectivity index (χ0) is 21.5. The number of thioether (sulfide) groups is 1. The van der Waals surface area contributed by atoms with Gasteiger partial charge in [-0.3, -0.25) is 10.2 Å². The summed E-state index contributed by atoms with van der Waals surface area (Å²) < 4.78 is 5.85. The van der Waals surface area contributed by atoms with Gasteiger partial charge in [-0.05, 0) is 61.2 Å². The van der Waals surface area contributed by atoms with E-state index in [4.69, 9.17) is 21.4 Å². The fraction of sp³-hybridized carbons (Fsp3) is 0.0435. The number of hydrogen-bond donors (Lipinski definition) is 1. The van der Waals surface area contributed by atoms with E-state index in [1.807, 2.05) is 43.3 Å². The number of nitrogens with zero attached hydrogens (tertiary/aromatic N) is 3. The van der Waals surface area contributed by atoms with E-state index in [2.05, 4.69) is 10.1 Å². The Morgan fingerprint density at radius 2 is 1.74 bits per heavy atom. The van der Waals surface area contributed by atoms with Crippen molar-refractivity contribution in [2.75, 3.05) is 0 Å². The highest BCUT2D eigenvalue weighted by molar-refractivity contribution is 8.27. The fourth-order valence-electron chi connectivity index (χ4n) is 3.15. The number of carbonyl (C=O) groups excluding carboxylic acids is 1. The van der Waals surface area contributed by atoms with E-state index in [0.29, 0.717) is 26.8 Å². The third-order valence-corrected chi connectivity index (χ3v) is 6.00. The van der Waals surface area contributed by atoms with Crippen LogP contribution in [0.5, 0.6) is 0 Å². The lowest BCUT2D eigenvalue weighted by atomic mass is 10.1. The molecule has 0 unspecified atom stereocenters. The van der Waals surface area contributed by atoms with Crippen LogP contribution in [0.3, 0.4) is 0 Å². The van der Waals surface area contributed by atoms with Crippen LogP contribution in [-0.2, 0) is 4.79 Å². The number of aliphatic imine (C=N–C) groups is 1. The molecule has 31 heavy (non-hydrogen) atoms. The lowest BCUT2D eigenvalue weighted by Gasteiger charge is -2.19. The Morgan fingerprint density at radius 3 is 2.48 bits per heavy atom. The molecule has 1 N–H and O–H groups in total.